The largest absolute Gasteiger partial charge is 0.335 e. The number of hydrogen-bond acceptors (Lipinski definition) is 2. The minimum absolute atomic E-state index is 0.209. The second-order valence-electron chi connectivity index (χ2n) is 1.51. The molecular weight excluding hydrogens is 139 g/mol. The molecule has 0 amide bonds. The third-order valence-corrected chi connectivity index (χ3v) is 1.16. The fraction of sp³-hybridized carbons (Fsp3) is 0.500. The van der Waals surface area contributed by atoms with Gasteiger partial charge in [0, 0.05) is 0 Å². The predicted octanol–water partition coefficient (Wildman–Crippen LogP) is 0.605. The van der Waals surface area contributed by atoms with E-state index in [-0.39, 0.29) is 6.61 Å². The quantitative estimate of drug-likeness (QED) is 0.456. The van der Waals surface area contributed by atoms with Crippen LogP contribution in [0.15, 0.2) is 12.2 Å². The molecule has 0 aliphatic rings. The van der Waals surface area contributed by atoms with Gasteiger partial charge in [-0.15, -0.1) is 0 Å². The van der Waals surface area contributed by atoms with Crippen molar-refractivity contribution in [1.82, 2.24) is 0 Å². The molecule has 0 saturated carbocycles. The van der Waals surface area contributed by atoms with Gasteiger partial charge in [-0.1, -0.05) is 12.2 Å². The second kappa shape index (κ2) is 3.80. The summed E-state index contributed by atoms with van der Waals surface area (Å²) in [5.74, 6) is 0. The summed E-state index contributed by atoms with van der Waals surface area (Å²) >= 11 is 0. The standard InChI is InChI=1S/C4H11N2O2P/c1-2-3-4-8-9(5,6)7/h2-3H,4H2,1H3,(H4,5,6,7)/b3-2+. The molecule has 4 nitrogen and oxygen atoms in total. The molecule has 0 bridgehead atoms. The highest BCUT2D eigenvalue weighted by Gasteiger charge is 2.04. The average molecular weight is 150 g/mol. The fourth-order valence-electron chi connectivity index (χ4n) is 0.256. The molecule has 0 radical (unpaired) electrons. The summed E-state index contributed by atoms with van der Waals surface area (Å²) in [6.07, 6.45) is 3.43. The molecule has 0 aromatic rings. The number of allylic oxidation sites excluding steroid dienone is 1. The highest BCUT2D eigenvalue weighted by molar-refractivity contribution is 7.53. The molecule has 0 atom stereocenters. The van der Waals surface area contributed by atoms with Crippen LogP contribution < -0.4 is 11.0 Å². The third kappa shape index (κ3) is 7.85. The van der Waals surface area contributed by atoms with E-state index in [1.54, 1.807) is 12.2 Å². The number of nitrogens with two attached hydrogens (primary N) is 2. The Balaban J connectivity index is 3.40. The molecule has 0 aliphatic carbocycles. The minimum atomic E-state index is -3.25. The van der Waals surface area contributed by atoms with Gasteiger partial charge in [-0.2, -0.15) is 0 Å². The fourth-order valence-corrected chi connectivity index (χ4v) is 0.575. The highest BCUT2D eigenvalue weighted by atomic mass is 31.2. The zero-order valence-corrected chi connectivity index (χ0v) is 6.17. The maximum absolute atomic E-state index is 10.4. The molecule has 0 aromatic heterocycles. The van der Waals surface area contributed by atoms with Crippen molar-refractivity contribution in [1.29, 1.82) is 0 Å². The van der Waals surface area contributed by atoms with Crippen LogP contribution in [0.2, 0.25) is 0 Å². The van der Waals surface area contributed by atoms with E-state index < -0.39 is 7.67 Å². The van der Waals surface area contributed by atoms with Crippen molar-refractivity contribution in [3.05, 3.63) is 12.2 Å². The first kappa shape index (κ1) is 8.85. The van der Waals surface area contributed by atoms with Crippen molar-refractivity contribution < 1.29 is 9.09 Å². The van der Waals surface area contributed by atoms with Gasteiger partial charge < -0.3 is 4.52 Å². The first-order valence-corrected chi connectivity index (χ1v) is 4.25. The van der Waals surface area contributed by atoms with Crippen molar-refractivity contribution >= 4 is 7.67 Å². The van der Waals surface area contributed by atoms with Crippen LogP contribution in [0.25, 0.3) is 0 Å². The Labute approximate surface area is 54.4 Å². The summed E-state index contributed by atoms with van der Waals surface area (Å²) in [5, 5.41) is 0. The molecule has 0 aliphatic heterocycles. The molecule has 0 fully saturated rings. The third-order valence-electron chi connectivity index (χ3n) is 0.608. The van der Waals surface area contributed by atoms with Crippen LogP contribution in [0, 0.1) is 0 Å². The summed E-state index contributed by atoms with van der Waals surface area (Å²) in [6, 6.07) is 0. The Morgan fingerprint density at radius 1 is 1.67 bits per heavy atom. The van der Waals surface area contributed by atoms with Crippen molar-refractivity contribution in [3.8, 4) is 0 Å². The minimum Gasteiger partial charge on any atom is -0.302 e. The Morgan fingerprint density at radius 3 is 2.56 bits per heavy atom. The molecule has 0 unspecified atom stereocenters. The monoisotopic (exact) mass is 150 g/mol. The maximum atomic E-state index is 10.4. The Bertz CT molecular complexity index is 140. The molecule has 54 valence electrons. The van der Waals surface area contributed by atoms with Crippen LogP contribution in [0.5, 0.6) is 0 Å². The molecule has 0 rings (SSSR count). The summed E-state index contributed by atoms with van der Waals surface area (Å²) in [5.41, 5.74) is 9.71. The molecule has 0 spiro atoms. The normalized spacial score (nSPS) is 12.8. The van der Waals surface area contributed by atoms with Crippen LogP contribution >= 0.6 is 7.67 Å². The van der Waals surface area contributed by atoms with E-state index in [1.165, 1.54) is 0 Å². The SMILES string of the molecule is C/C=C/COP(N)(N)=O. The van der Waals surface area contributed by atoms with E-state index in [4.69, 9.17) is 11.0 Å². The lowest BCUT2D eigenvalue weighted by molar-refractivity contribution is 0.353. The summed E-state index contributed by atoms with van der Waals surface area (Å²) in [7, 11) is -3.25. The van der Waals surface area contributed by atoms with Crippen LogP contribution in [0.1, 0.15) is 6.92 Å². The smallest absolute Gasteiger partial charge is 0.302 e. The van der Waals surface area contributed by atoms with Crippen LogP contribution in [-0.4, -0.2) is 6.61 Å². The van der Waals surface area contributed by atoms with Gasteiger partial charge in [-0.3, -0.25) is 4.57 Å². The summed E-state index contributed by atoms with van der Waals surface area (Å²) in [4.78, 5) is 0. The van der Waals surface area contributed by atoms with Crippen molar-refractivity contribution in [2.24, 2.45) is 11.0 Å². The van der Waals surface area contributed by atoms with E-state index in [0.717, 1.165) is 0 Å². The topological polar surface area (TPSA) is 78.3 Å². The van der Waals surface area contributed by atoms with Crippen molar-refractivity contribution in [2.45, 2.75) is 6.92 Å². The first-order chi connectivity index (χ1) is 4.06. The second-order valence-corrected chi connectivity index (χ2v) is 3.06. The van der Waals surface area contributed by atoms with Gasteiger partial charge in [0.05, 0.1) is 6.61 Å². The van der Waals surface area contributed by atoms with E-state index in [9.17, 15) is 4.57 Å². The zero-order chi connectivity index (χ0) is 7.33. The van der Waals surface area contributed by atoms with Gasteiger partial charge in [0.25, 0.3) is 0 Å². The van der Waals surface area contributed by atoms with Gasteiger partial charge in [-0.05, 0) is 6.92 Å². The first-order valence-electron chi connectivity index (χ1n) is 2.49. The molecule has 5 heteroatoms. The molecule has 0 aromatic carbocycles. The van der Waals surface area contributed by atoms with Gasteiger partial charge in [-0.25, -0.2) is 11.0 Å². The van der Waals surface area contributed by atoms with E-state index in [2.05, 4.69) is 4.52 Å². The van der Waals surface area contributed by atoms with Crippen molar-refractivity contribution in [3.63, 3.8) is 0 Å². The van der Waals surface area contributed by atoms with Gasteiger partial charge >= 0.3 is 7.67 Å². The molecule has 0 saturated heterocycles. The van der Waals surface area contributed by atoms with Crippen molar-refractivity contribution in [2.75, 3.05) is 6.61 Å². The van der Waals surface area contributed by atoms with Gasteiger partial charge in [0.2, 0.25) is 0 Å². The highest BCUT2D eigenvalue weighted by Crippen LogP contribution is 2.25. The zero-order valence-electron chi connectivity index (χ0n) is 5.28. The van der Waals surface area contributed by atoms with E-state index in [0.29, 0.717) is 0 Å². The number of rotatable bonds is 3. The number of hydrogen-bond donors (Lipinski definition) is 2. The Morgan fingerprint density at radius 2 is 2.22 bits per heavy atom. The average Bonchev–Trinajstić information content (AvgIpc) is 1.63. The Hall–Kier alpha value is -0.150. The molecule has 9 heavy (non-hydrogen) atoms. The molecular formula is C4H11N2O2P. The lowest BCUT2D eigenvalue weighted by atomic mass is 10.6. The van der Waals surface area contributed by atoms with Gasteiger partial charge in [0.15, 0.2) is 0 Å². The lowest BCUT2D eigenvalue weighted by Gasteiger charge is -2.02. The van der Waals surface area contributed by atoms with E-state index in [1.807, 2.05) is 6.92 Å². The summed E-state index contributed by atoms with van der Waals surface area (Å²) in [6.45, 7) is 2.03. The van der Waals surface area contributed by atoms with Crippen LogP contribution in [0.3, 0.4) is 0 Å². The maximum Gasteiger partial charge on any atom is 0.335 e. The van der Waals surface area contributed by atoms with E-state index >= 15 is 0 Å². The molecule has 0 heterocycles. The summed E-state index contributed by atoms with van der Waals surface area (Å²) < 4.78 is 14.9. The predicted molar refractivity (Wildman–Crippen MR) is 36.7 cm³/mol. The lowest BCUT2D eigenvalue weighted by Crippen LogP contribution is -2.07. The Kier molecular flexibility index (Phi) is 3.73. The van der Waals surface area contributed by atoms with Gasteiger partial charge in [0.1, 0.15) is 0 Å². The van der Waals surface area contributed by atoms with Crippen LogP contribution in [0.4, 0.5) is 0 Å². The van der Waals surface area contributed by atoms with Crippen LogP contribution in [-0.2, 0) is 9.09 Å². The molecule has 4 N–H and O–H groups in total.